The van der Waals surface area contributed by atoms with Crippen molar-refractivity contribution < 1.29 is 19.1 Å². The Bertz CT molecular complexity index is 1100. The molecule has 1 spiro atoms. The highest BCUT2D eigenvalue weighted by molar-refractivity contribution is 6.30. The van der Waals surface area contributed by atoms with Crippen molar-refractivity contribution in [2.24, 2.45) is 11.8 Å². The van der Waals surface area contributed by atoms with Crippen molar-refractivity contribution in [3.63, 3.8) is 0 Å². The second-order valence-electron chi connectivity index (χ2n) is 11.4. The quantitative estimate of drug-likeness (QED) is 0.402. The van der Waals surface area contributed by atoms with E-state index in [0.29, 0.717) is 23.8 Å². The van der Waals surface area contributed by atoms with Crippen molar-refractivity contribution >= 4 is 35.0 Å². The Hall–Kier alpha value is -2.42. The minimum absolute atomic E-state index is 0.111. The van der Waals surface area contributed by atoms with Gasteiger partial charge in [-0.25, -0.2) is 0 Å². The van der Waals surface area contributed by atoms with Crippen molar-refractivity contribution in [2.45, 2.75) is 82.6 Å². The number of benzene rings is 1. The summed E-state index contributed by atoms with van der Waals surface area (Å²) in [6.07, 6.45) is 10.5. The van der Waals surface area contributed by atoms with Crippen LogP contribution < -0.4 is 10.6 Å². The van der Waals surface area contributed by atoms with Crippen LogP contribution in [0.1, 0.15) is 58.8 Å². The van der Waals surface area contributed by atoms with Crippen LogP contribution in [0.15, 0.2) is 36.4 Å². The monoisotopic (exact) mass is 556 g/mol. The standard InChI is InChI=1S/C30H41ClN4O4/c1-3-15-34(16-4-2)17-18-35-26(28(37)32-21-10-6-5-7-11-21)30-14-13-23(39-30)24(25(30)29(35)38)27(36)33-22-12-8-9-20(31)19-22/h8-9,12-14,19,21,23-26H,3-7,10-11,15-18H2,1-2H3,(H,32,37)(H,33,36). The van der Waals surface area contributed by atoms with Crippen LogP contribution in [0.4, 0.5) is 5.69 Å². The molecule has 39 heavy (non-hydrogen) atoms. The number of hydrogen-bond donors (Lipinski definition) is 2. The van der Waals surface area contributed by atoms with Gasteiger partial charge in [-0.15, -0.1) is 0 Å². The van der Waals surface area contributed by atoms with Crippen LogP contribution in [-0.4, -0.2) is 77.5 Å². The third-order valence-corrected chi connectivity index (χ3v) is 8.94. The number of rotatable bonds is 11. The number of carbonyl (C=O) groups excluding carboxylic acids is 3. The normalized spacial score (nSPS) is 29.7. The molecule has 3 heterocycles. The van der Waals surface area contributed by atoms with Gasteiger partial charge in [0.2, 0.25) is 17.7 Å². The van der Waals surface area contributed by atoms with Gasteiger partial charge in [-0.05, 0) is 57.0 Å². The Kier molecular flexibility index (Phi) is 8.64. The number of ether oxygens (including phenoxy) is 1. The molecule has 2 saturated heterocycles. The van der Waals surface area contributed by atoms with Crippen molar-refractivity contribution in [3.8, 4) is 0 Å². The summed E-state index contributed by atoms with van der Waals surface area (Å²) in [5, 5.41) is 6.70. The maximum Gasteiger partial charge on any atom is 0.246 e. The average Bonchev–Trinajstić information content (AvgIpc) is 3.55. The molecule has 1 saturated carbocycles. The molecule has 3 aliphatic heterocycles. The molecular formula is C30H41ClN4O4. The Morgan fingerprint density at radius 2 is 1.85 bits per heavy atom. The lowest BCUT2D eigenvalue weighted by Gasteiger charge is -2.35. The highest BCUT2D eigenvalue weighted by Gasteiger charge is 2.72. The second-order valence-corrected chi connectivity index (χ2v) is 11.9. The van der Waals surface area contributed by atoms with Gasteiger partial charge >= 0.3 is 0 Å². The lowest BCUT2D eigenvalue weighted by molar-refractivity contribution is -0.141. The van der Waals surface area contributed by atoms with E-state index in [1.54, 1.807) is 29.2 Å². The number of nitrogens with zero attached hydrogens (tertiary/aromatic N) is 2. The number of halogens is 1. The number of likely N-dealkylation sites (tertiary alicyclic amines) is 1. The van der Waals surface area contributed by atoms with Crippen LogP contribution in [0.2, 0.25) is 5.02 Å². The Labute approximate surface area is 236 Å². The van der Waals surface area contributed by atoms with Crippen LogP contribution >= 0.6 is 11.6 Å². The second kappa shape index (κ2) is 12.0. The van der Waals surface area contributed by atoms with Crippen LogP contribution in [-0.2, 0) is 19.1 Å². The van der Waals surface area contributed by atoms with E-state index in [-0.39, 0.29) is 23.8 Å². The largest absolute Gasteiger partial charge is 0.359 e. The summed E-state index contributed by atoms with van der Waals surface area (Å²) in [6, 6.07) is 6.26. The number of amides is 3. The van der Waals surface area contributed by atoms with Gasteiger partial charge in [0.25, 0.3) is 0 Å². The highest BCUT2D eigenvalue weighted by atomic mass is 35.5. The number of anilines is 1. The minimum atomic E-state index is -1.14. The zero-order chi connectivity index (χ0) is 27.6. The van der Waals surface area contributed by atoms with E-state index in [2.05, 4.69) is 29.4 Å². The first-order valence-corrected chi connectivity index (χ1v) is 15.0. The van der Waals surface area contributed by atoms with E-state index in [1.165, 1.54) is 6.42 Å². The Balaban J connectivity index is 1.41. The third kappa shape index (κ3) is 5.48. The van der Waals surface area contributed by atoms with E-state index in [1.807, 2.05) is 12.2 Å². The molecule has 2 bridgehead atoms. The van der Waals surface area contributed by atoms with Crippen molar-refractivity contribution in [1.29, 1.82) is 0 Å². The molecule has 2 N–H and O–H groups in total. The zero-order valence-electron chi connectivity index (χ0n) is 23.0. The average molecular weight is 557 g/mol. The summed E-state index contributed by atoms with van der Waals surface area (Å²) in [4.78, 5) is 45.7. The lowest BCUT2D eigenvalue weighted by Crippen LogP contribution is -2.57. The fraction of sp³-hybridized carbons (Fsp3) is 0.633. The van der Waals surface area contributed by atoms with E-state index in [4.69, 9.17) is 16.3 Å². The van der Waals surface area contributed by atoms with Crippen molar-refractivity contribution in [2.75, 3.05) is 31.5 Å². The number of carbonyl (C=O) groups is 3. The van der Waals surface area contributed by atoms with E-state index in [0.717, 1.165) is 51.6 Å². The molecule has 8 nitrogen and oxygen atoms in total. The van der Waals surface area contributed by atoms with Crippen LogP contribution in [0.5, 0.6) is 0 Å². The molecule has 0 aromatic heterocycles. The zero-order valence-corrected chi connectivity index (χ0v) is 23.8. The molecule has 3 fully saturated rings. The van der Waals surface area contributed by atoms with Gasteiger partial charge in [-0.1, -0.05) is 62.9 Å². The van der Waals surface area contributed by atoms with Gasteiger partial charge in [0.1, 0.15) is 11.6 Å². The first-order valence-electron chi connectivity index (χ1n) is 14.6. The van der Waals surface area contributed by atoms with Gasteiger partial charge < -0.3 is 25.2 Å². The van der Waals surface area contributed by atoms with Crippen LogP contribution in [0, 0.1) is 11.8 Å². The fourth-order valence-electron chi connectivity index (χ4n) is 7.04. The molecule has 5 rings (SSSR count). The molecule has 5 unspecified atom stereocenters. The predicted molar refractivity (Wildman–Crippen MR) is 151 cm³/mol. The maximum absolute atomic E-state index is 14.1. The maximum atomic E-state index is 14.1. The summed E-state index contributed by atoms with van der Waals surface area (Å²) in [5.74, 6) is -2.11. The fourth-order valence-corrected chi connectivity index (χ4v) is 7.23. The molecule has 4 aliphatic rings. The molecule has 1 aromatic rings. The molecule has 5 atom stereocenters. The summed E-state index contributed by atoms with van der Waals surface area (Å²) >= 11 is 6.12. The molecule has 1 aliphatic carbocycles. The SMILES string of the molecule is CCCN(CCC)CCN1C(=O)C2C(C(=O)Nc3cccc(Cl)c3)C3C=CC2(O3)C1C(=O)NC1CCCCC1. The topological polar surface area (TPSA) is 91.0 Å². The Morgan fingerprint density at radius 1 is 1.10 bits per heavy atom. The van der Waals surface area contributed by atoms with Crippen LogP contribution in [0.25, 0.3) is 0 Å². The number of hydrogen-bond acceptors (Lipinski definition) is 5. The smallest absolute Gasteiger partial charge is 0.246 e. The molecule has 212 valence electrons. The van der Waals surface area contributed by atoms with E-state index < -0.39 is 29.6 Å². The van der Waals surface area contributed by atoms with Gasteiger partial charge in [-0.3, -0.25) is 14.4 Å². The summed E-state index contributed by atoms with van der Waals surface area (Å²) < 4.78 is 6.47. The van der Waals surface area contributed by atoms with Gasteiger partial charge in [0.15, 0.2) is 0 Å². The lowest BCUT2D eigenvalue weighted by atomic mass is 9.74. The van der Waals surface area contributed by atoms with Gasteiger partial charge in [-0.2, -0.15) is 0 Å². The van der Waals surface area contributed by atoms with Gasteiger partial charge in [0, 0.05) is 29.8 Å². The van der Waals surface area contributed by atoms with E-state index >= 15 is 0 Å². The number of fused-ring (bicyclic) bond motifs is 1. The number of nitrogens with one attached hydrogen (secondary N) is 2. The van der Waals surface area contributed by atoms with Crippen molar-refractivity contribution in [1.82, 2.24) is 15.1 Å². The van der Waals surface area contributed by atoms with Crippen molar-refractivity contribution in [3.05, 3.63) is 41.4 Å². The predicted octanol–water partition coefficient (Wildman–Crippen LogP) is 4.00. The van der Waals surface area contributed by atoms with E-state index in [9.17, 15) is 14.4 Å². The highest BCUT2D eigenvalue weighted by Crippen LogP contribution is 2.55. The molecule has 1 aromatic carbocycles. The first kappa shape index (κ1) is 28.1. The summed E-state index contributed by atoms with van der Waals surface area (Å²) in [6.45, 7) is 7.26. The minimum Gasteiger partial charge on any atom is -0.359 e. The summed E-state index contributed by atoms with van der Waals surface area (Å²) in [5.41, 5.74) is -0.575. The molecule has 3 amide bonds. The summed E-state index contributed by atoms with van der Waals surface area (Å²) in [7, 11) is 0. The molecule has 9 heteroatoms. The third-order valence-electron chi connectivity index (χ3n) is 8.71. The Morgan fingerprint density at radius 3 is 2.54 bits per heavy atom. The molecular weight excluding hydrogens is 516 g/mol. The van der Waals surface area contributed by atoms with Crippen LogP contribution in [0.3, 0.4) is 0 Å². The first-order chi connectivity index (χ1) is 18.9. The van der Waals surface area contributed by atoms with Gasteiger partial charge in [0.05, 0.1) is 17.9 Å². The molecule has 0 radical (unpaired) electrons.